The molecular formula is C16H8Cl3NO3. The van der Waals surface area contributed by atoms with Gasteiger partial charge in [-0.25, -0.2) is 4.79 Å². The van der Waals surface area contributed by atoms with Crippen LogP contribution in [0.4, 0.5) is 5.69 Å². The van der Waals surface area contributed by atoms with Gasteiger partial charge < -0.3 is 9.73 Å². The van der Waals surface area contributed by atoms with Gasteiger partial charge in [0.1, 0.15) is 11.1 Å². The number of benzene rings is 2. The molecule has 0 saturated heterocycles. The molecule has 0 bridgehead atoms. The van der Waals surface area contributed by atoms with E-state index in [4.69, 9.17) is 39.2 Å². The quantitative estimate of drug-likeness (QED) is 0.647. The summed E-state index contributed by atoms with van der Waals surface area (Å²) in [4.78, 5) is 24.3. The summed E-state index contributed by atoms with van der Waals surface area (Å²) in [5.41, 5.74) is -0.266. The van der Waals surface area contributed by atoms with Crippen LogP contribution in [-0.2, 0) is 0 Å². The molecule has 116 valence electrons. The van der Waals surface area contributed by atoms with E-state index in [-0.39, 0.29) is 5.56 Å². The van der Waals surface area contributed by atoms with E-state index in [0.717, 1.165) is 0 Å². The number of fused-ring (bicyclic) bond motifs is 1. The SMILES string of the molecule is O=C(Nc1cc(Cl)ccc1Cl)c1cc2cc(Cl)ccc2oc1=O. The van der Waals surface area contributed by atoms with Crippen LogP contribution in [0.2, 0.25) is 15.1 Å². The first-order valence-electron chi connectivity index (χ1n) is 6.44. The van der Waals surface area contributed by atoms with Gasteiger partial charge in [-0.15, -0.1) is 0 Å². The minimum absolute atomic E-state index is 0.157. The van der Waals surface area contributed by atoms with E-state index in [0.29, 0.717) is 31.7 Å². The van der Waals surface area contributed by atoms with Crippen molar-refractivity contribution in [2.24, 2.45) is 0 Å². The number of hydrogen-bond donors (Lipinski definition) is 1. The van der Waals surface area contributed by atoms with E-state index in [1.165, 1.54) is 12.1 Å². The lowest BCUT2D eigenvalue weighted by molar-refractivity contribution is 0.102. The highest BCUT2D eigenvalue weighted by molar-refractivity contribution is 6.36. The van der Waals surface area contributed by atoms with Crippen LogP contribution in [0.25, 0.3) is 11.0 Å². The van der Waals surface area contributed by atoms with Gasteiger partial charge in [0.15, 0.2) is 0 Å². The molecule has 0 fully saturated rings. The molecule has 1 aromatic heterocycles. The number of anilines is 1. The second-order valence-corrected chi connectivity index (χ2v) is 5.99. The zero-order chi connectivity index (χ0) is 16.6. The number of rotatable bonds is 2. The summed E-state index contributed by atoms with van der Waals surface area (Å²) in [5.74, 6) is -0.648. The molecular weight excluding hydrogens is 361 g/mol. The van der Waals surface area contributed by atoms with Crippen molar-refractivity contribution in [1.82, 2.24) is 0 Å². The zero-order valence-corrected chi connectivity index (χ0v) is 13.7. The van der Waals surface area contributed by atoms with E-state index < -0.39 is 11.5 Å². The maximum absolute atomic E-state index is 12.3. The number of carbonyl (C=O) groups excluding carboxylic acids is 1. The summed E-state index contributed by atoms with van der Waals surface area (Å²) in [5, 5.41) is 4.25. The average Bonchev–Trinajstić information content (AvgIpc) is 2.50. The molecule has 23 heavy (non-hydrogen) atoms. The second kappa shape index (κ2) is 6.24. The molecule has 1 amide bonds. The minimum atomic E-state index is -0.754. The van der Waals surface area contributed by atoms with E-state index >= 15 is 0 Å². The van der Waals surface area contributed by atoms with Gasteiger partial charge in [0.2, 0.25) is 0 Å². The number of amides is 1. The molecule has 0 spiro atoms. The van der Waals surface area contributed by atoms with Gasteiger partial charge in [-0.3, -0.25) is 4.79 Å². The van der Waals surface area contributed by atoms with E-state index in [1.54, 1.807) is 30.3 Å². The molecule has 0 unspecified atom stereocenters. The van der Waals surface area contributed by atoms with E-state index in [1.807, 2.05) is 0 Å². The first-order valence-corrected chi connectivity index (χ1v) is 7.57. The smallest absolute Gasteiger partial charge is 0.349 e. The van der Waals surface area contributed by atoms with Crippen LogP contribution in [0, 0.1) is 0 Å². The fourth-order valence-corrected chi connectivity index (χ4v) is 2.55. The van der Waals surface area contributed by atoms with Crippen LogP contribution >= 0.6 is 34.8 Å². The first kappa shape index (κ1) is 15.9. The molecule has 0 radical (unpaired) electrons. The number of carbonyl (C=O) groups is 1. The van der Waals surface area contributed by atoms with Crippen LogP contribution in [0.15, 0.2) is 51.7 Å². The number of hydrogen-bond acceptors (Lipinski definition) is 3. The molecule has 0 atom stereocenters. The largest absolute Gasteiger partial charge is 0.422 e. The first-order chi connectivity index (χ1) is 10.9. The highest BCUT2D eigenvalue weighted by atomic mass is 35.5. The summed E-state index contributed by atoms with van der Waals surface area (Å²) in [7, 11) is 0. The molecule has 0 aliphatic heterocycles. The van der Waals surface area contributed by atoms with Gasteiger partial charge in [0.25, 0.3) is 5.91 Å². The van der Waals surface area contributed by atoms with Crippen molar-refractivity contribution in [3.63, 3.8) is 0 Å². The van der Waals surface area contributed by atoms with Gasteiger partial charge in [-0.1, -0.05) is 34.8 Å². The molecule has 0 aliphatic rings. The summed E-state index contributed by atoms with van der Waals surface area (Å²) in [6.45, 7) is 0. The summed E-state index contributed by atoms with van der Waals surface area (Å²) in [6, 6.07) is 10.8. The molecule has 2 aromatic carbocycles. The van der Waals surface area contributed by atoms with Gasteiger partial charge in [-0.05, 0) is 42.5 Å². The Morgan fingerprint density at radius 3 is 2.43 bits per heavy atom. The molecule has 3 rings (SSSR count). The lowest BCUT2D eigenvalue weighted by Crippen LogP contribution is -2.20. The highest BCUT2D eigenvalue weighted by Gasteiger charge is 2.15. The lowest BCUT2D eigenvalue weighted by Gasteiger charge is -2.07. The van der Waals surface area contributed by atoms with Crippen molar-refractivity contribution in [2.45, 2.75) is 0 Å². The number of nitrogens with one attached hydrogen (secondary N) is 1. The normalized spacial score (nSPS) is 10.7. The zero-order valence-electron chi connectivity index (χ0n) is 11.4. The molecule has 3 aromatic rings. The van der Waals surface area contributed by atoms with Gasteiger partial charge in [-0.2, -0.15) is 0 Å². The van der Waals surface area contributed by atoms with E-state index in [2.05, 4.69) is 5.32 Å². The summed E-state index contributed by atoms with van der Waals surface area (Å²) < 4.78 is 5.13. The Kier molecular flexibility index (Phi) is 4.31. The second-order valence-electron chi connectivity index (χ2n) is 4.71. The molecule has 0 aliphatic carbocycles. The lowest BCUT2D eigenvalue weighted by atomic mass is 10.1. The van der Waals surface area contributed by atoms with Crippen LogP contribution in [0.5, 0.6) is 0 Å². The third-order valence-electron chi connectivity index (χ3n) is 3.12. The molecule has 7 heteroatoms. The average molecular weight is 369 g/mol. The Bertz CT molecular complexity index is 982. The fourth-order valence-electron chi connectivity index (χ4n) is 2.04. The van der Waals surface area contributed by atoms with Crippen molar-refractivity contribution >= 4 is 57.4 Å². The summed E-state index contributed by atoms with van der Waals surface area (Å²) >= 11 is 17.8. The predicted molar refractivity (Wildman–Crippen MR) is 91.9 cm³/mol. The maximum atomic E-state index is 12.3. The van der Waals surface area contributed by atoms with Gasteiger partial charge in [0, 0.05) is 15.4 Å². The van der Waals surface area contributed by atoms with Crippen LogP contribution in [0.3, 0.4) is 0 Å². The third-order valence-corrected chi connectivity index (χ3v) is 3.92. The van der Waals surface area contributed by atoms with Crippen molar-refractivity contribution in [1.29, 1.82) is 0 Å². The number of halogens is 3. The van der Waals surface area contributed by atoms with Gasteiger partial charge in [0.05, 0.1) is 10.7 Å². The Balaban J connectivity index is 2.02. The maximum Gasteiger partial charge on any atom is 0.349 e. The Labute approximate surface area is 145 Å². The van der Waals surface area contributed by atoms with Crippen molar-refractivity contribution < 1.29 is 9.21 Å². The Hall–Kier alpha value is -2.01. The highest BCUT2D eigenvalue weighted by Crippen LogP contribution is 2.26. The predicted octanol–water partition coefficient (Wildman–Crippen LogP) is 5.01. The Morgan fingerprint density at radius 1 is 0.957 bits per heavy atom. The van der Waals surface area contributed by atoms with Crippen molar-refractivity contribution in [2.75, 3.05) is 5.32 Å². The van der Waals surface area contributed by atoms with Crippen LogP contribution in [-0.4, -0.2) is 5.91 Å². The van der Waals surface area contributed by atoms with Crippen molar-refractivity contribution in [3.8, 4) is 0 Å². The minimum Gasteiger partial charge on any atom is -0.422 e. The van der Waals surface area contributed by atoms with Gasteiger partial charge >= 0.3 is 5.63 Å². The van der Waals surface area contributed by atoms with Crippen molar-refractivity contribution in [3.05, 3.63) is 73.5 Å². The summed E-state index contributed by atoms with van der Waals surface area (Å²) in [6.07, 6.45) is 0. The molecule has 1 heterocycles. The molecule has 4 nitrogen and oxygen atoms in total. The standard InChI is InChI=1S/C16H8Cl3NO3/c17-9-2-4-14-8(5-9)6-11(16(22)23-14)15(21)20-13-7-10(18)1-3-12(13)19/h1-7H,(H,20,21). The topological polar surface area (TPSA) is 59.3 Å². The molecule has 1 N–H and O–H groups in total. The Morgan fingerprint density at radius 2 is 1.65 bits per heavy atom. The van der Waals surface area contributed by atoms with Crippen LogP contribution in [0.1, 0.15) is 10.4 Å². The van der Waals surface area contributed by atoms with E-state index in [9.17, 15) is 9.59 Å². The fraction of sp³-hybridized carbons (Fsp3) is 0. The van der Waals surface area contributed by atoms with Crippen LogP contribution < -0.4 is 10.9 Å². The molecule has 0 saturated carbocycles. The monoisotopic (exact) mass is 367 g/mol. The third kappa shape index (κ3) is 3.34.